The van der Waals surface area contributed by atoms with Gasteiger partial charge in [-0.25, -0.2) is 0 Å². The lowest BCUT2D eigenvalue weighted by Crippen LogP contribution is -2.02. The Bertz CT molecular complexity index is 325. The Balaban J connectivity index is 1.85. The first-order valence-corrected chi connectivity index (χ1v) is 5.20. The van der Waals surface area contributed by atoms with Crippen LogP contribution in [0.1, 0.15) is 30.5 Å². The Morgan fingerprint density at radius 3 is 2.86 bits per heavy atom. The maximum atomic E-state index is 11.4. The van der Waals surface area contributed by atoms with Gasteiger partial charge in [0.15, 0.2) is 0 Å². The first-order valence-electron chi connectivity index (χ1n) is 5.20. The average Bonchev–Trinajstić information content (AvgIpc) is 3.00. The molecule has 0 unspecified atom stereocenters. The zero-order valence-electron chi connectivity index (χ0n) is 8.49. The predicted molar refractivity (Wildman–Crippen MR) is 55.0 cm³/mol. The second-order valence-corrected chi connectivity index (χ2v) is 4.05. The zero-order chi connectivity index (χ0) is 9.97. The van der Waals surface area contributed by atoms with Crippen LogP contribution in [0.2, 0.25) is 0 Å². The molecule has 1 aliphatic carbocycles. The topological polar surface area (TPSA) is 30.0 Å². The molecule has 1 aliphatic rings. The van der Waals surface area contributed by atoms with E-state index >= 15 is 0 Å². The normalized spacial score (nSPS) is 15.5. The van der Waals surface area contributed by atoms with Crippen LogP contribution in [0, 0.1) is 12.8 Å². The largest absolute Gasteiger partial charge is 0.299 e. The molecule has 1 fully saturated rings. The second kappa shape index (κ2) is 3.91. The fraction of sp³-hybridized carbons (Fsp3) is 0.500. The molecule has 0 atom stereocenters. The Hall–Kier alpha value is -1.18. The molecule has 2 nitrogen and oxygen atoms in total. The number of ketones is 1. The van der Waals surface area contributed by atoms with E-state index in [1.807, 2.05) is 19.2 Å². The van der Waals surface area contributed by atoms with Crippen molar-refractivity contribution in [2.75, 3.05) is 0 Å². The Kier molecular flexibility index (Phi) is 2.62. The Morgan fingerprint density at radius 1 is 1.50 bits per heavy atom. The third-order valence-electron chi connectivity index (χ3n) is 2.67. The summed E-state index contributed by atoms with van der Waals surface area (Å²) in [5, 5.41) is 0. The van der Waals surface area contributed by atoms with Crippen molar-refractivity contribution < 1.29 is 4.79 Å². The standard InChI is InChI=1S/C12H15NO/c1-9-2-3-10(8-13-9)4-7-12(14)11-5-6-11/h2-3,8,11H,4-7H2,1H3. The lowest BCUT2D eigenvalue weighted by Gasteiger charge is -2.00. The van der Waals surface area contributed by atoms with Crippen molar-refractivity contribution in [1.82, 2.24) is 4.98 Å². The van der Waals surface area contributed by atoms with Crippen LogP contribution in [-0.2, 0) is 11.2 Å². The van der Waals surface area contributed by atoms with Gasteiger partial charge in [-0.3, -0.25) is 9.78 Å². The molecule has 0 saturated heterocycles. The van der Waals surface area contributed by atoms with Gasteiger partial charge in [0.05, 0.1) is 0 Å². The lowest BCUT2D eigenvalue weighted by atomic mass is 10.1. The molecule has 1 aromatic rings. The molecule has 74 valence electrons. The van der Waals surface area contributed by atoms with Crippen LogP contribution < -0.4 is 0 Å². The SMILES string of the molecule is Cc1ccc(CCC(=O)C2CC2)cn1. The summed E-state index contributed by atoms with van der Waals surface area (Å²) in [6, 6.07) is 4.06. The number of carbonyl (C=O) groups is 1. The molecule has 0 aliphatic heterocycles. The number of hydrogen-bond donors (Lipinski definition) is 0. The van der Waals surface area contributed by atoms with E-state index in [1.54, 1.807) is 0 Å². The number of aryl methyl sites for hydroxylation is 2. The zero-order valence-corrected chi connectivity index (χ0v) is 8.49. The molecule has 1 heterocycles. The third-order valence-corrected chi connectivity index (χ3v) is 2.67. The van der Waals surface area contributed by atoms with Crippen molar-refractivity contribution in [3.63, 3.8) is 0 Å². The monoisotopic (exact) mass is 189 g/mol. The number of hydrogen-bond acceptors (Lipinski definition) is 2. The van der Waals surface area contributed by atoms with Gasteiger partial charge in [0.2, 0.25) is 0 Å². The van der Waals surface area contributed by atoms with Crippen LogP contribution in [-0.4, -0.2) is 10.8 Å². The van der Waals surface area contributed by atoms with Gasteiger partial charge in [-0.05, 0) is 37.8 Å². The van der Waals surface area contributed by atoms with E-state index < -0.39 is 0 Å². The molecule has 0 aromatic carbocycles. The highest BCUT2D eigenvalue weighted by molar-refractivity contribution is 5.83. The maximum absolute atomic E-state index is 11.4. The van der Waals surface area contributed by atoms with Crippen LogP contribution in [0.15, 0.2) is 18.3 Å². The fourth-order valence-electron chi connectivity index (χ4n) is 1.52. The van der Waals surface area contributed by atoms with Gasteiger partial charge in [-0.1, -0.05) is 6.07 Å². The number of Topliss-reactive ketones (excluding diaryl/α,β-unsaturated/α-hetero) is 1. The molecule has 0 bridgehead atoms. The van der Waals surface area contributed by atoms with E-state index in [2.05, 4.69) is 11.1 Å². The lowest BCUT2D eigenvalue weighted by molar-refractivity contribution is -0.120. The van der Waals surface area contributed by atoms with E-state index in [1.165, 1.54) is 5.56 Å². The number of rotatable bonds is 4. The number of pyridine rings is 1. The fourth-order valence-corrected chi connectivity index (χ4v) is 1.52. The average molecular weight is 189 g/mol. The molecule has 1 aromatic heterocycles. The summed E-state index contributed by atoms with van der Waals surface area (Å²) in [5.74, 6) is 0.832. The van der Waals surface area contributed by atoms with Crippen molar-refractivity contribution in [2.45, 2.75) is 32.6 Å². The minimum Gasteiger partial charge on any atom is -0.299 e. The summed E-state index contributed by atoms with van der Waals surface area (Å²) >= 11 is 0. The summed E-state index contributed by atoms with van der Waals surface area (Å²) in [7, 11) is 0. The molecule has 2 rings (SSSR count). The quantitative estimate of drug-likeness (QED) is 0.727. The van der Waals surface area contributed by atoms with E-state index in [4.69, 9.17) is 0 Å². The van der Waals surface area contributed by atoms with Crippen molar-refractivity contribution in [3.05, 3.63) is 29.6 Å². The Labute approximate surface area is 84.4 Å². The van der Waals surface area contributed by atoms with Crippen LogP contribution in [0.25, 0.3) is 0 Å². The molecule has 0 radical (unpaired) electrons. The second-order valence-electron chi connectivity index (χ2n) is 4.05. The number of nitrogens with zero attached hydrogens (tertiary/aromatic N) is 1. The minimum atomic E-state index is 0.397. The summed E-state index contributed by atoms with van der Waals surface area (Å²) in [6.45, 7) is 1.97. The summed E-state index contributed by atoms with van der Waals surface area (Å²) in [5.41, 5.74) is 2.20. The molecule has 0 N–H and O–H groups in total. The van der Waals surface area contributed by atoms with Gasteiger partial charge in [0, 0.05) is 24.2 Å². The van der Waals surface area contributed by atoms with Crippen molar-refractivity contribution in [1.29, 1.82) is 0 Å². The molecule has 2 heteroatoms. The molecular formula is C12H15NO. The van der Waals surface area contributed by atoms with Gasteiger partial charge < -0.3 is 0 Å². The van der Waals surface area contributed by atoms with E-state index in [0.717, 1.165) is 25.0 Å². The van der Waals surface area contributed by atoms with Crippen molar-refractivity contribution in [2.24, 2.45) is 5.92 Å². The van der Waals surface area contributed by atoms with Crippen molar-refractivity contribution in [3.8, 4) is 0 Å². The highest BCUT2D eigenvalue weighted by Gasteiger charge is 2.28. The van der Waals surface area contributed by atoms with Crippen LogP contribution in [0.4, 0.5) is 0 Å². The van der Waals surface area contributed by atoms with Crippen LogP contribution in [0.3, 0.4) is 0 Å². The van der Waals surface area contributed by atoms with Gasteiger partial charge >= 0.3 is 0 Å². The van der Waals surface area contributed by atoms with E-state index in [9.17, 15) is 4.79 Å². The van der Waals surface area contributed by atoms with Crippen LogP contribution >= 0.6 is 0 Å². The minimum absolute atomic E-state index is 0.397. The summed E-state index contributed by atoms with van der Waals surface area (Å²) in [4.78, 5) is 15.6. The highest BCUT2D eigenvalue weighted by Crippen LogP contribution is 2.31. The summed E-state index contributed by atoms with van der Waals surface area (Å²) in [6.07, 6.45) is 5.64. The van der Waals surface area contributed by atoms with Gasteiger partial charge in [0.1, 0.15) is 5.78 Å². The molecular weight excluding hydrogens is 174 g/mol. The van der Waals surface area contributed by atoms with Crippen molar-refractivity contribution >= 4 is 5.78 Å². The van der Waals surface area contributed by atoms with Gasteiger partial charge in [0.25, 0.3) is 0 Å². The van der Waals surface area contributed by atoms with Gasteiger partial charge in [-0.2, -0.15) is 0 Å². The number of carbonyl (C=O) groups excluding carboxylic acids is 1. The molecule has 0 spiro atoms. The van der Waals surface area contributed by atoms with Crippen LogP contribution in [0.5, 0.6) is 0 Å². The van der Waals surface area contributed by atoms with E-state index in [-0.39, 0.29) is 0 Å². The molecule has 1 saturated carbocycles. The Morgan fingerprint density at radius 2 is 2.29 bits per heavy atom. The first kappa shape index (κ1) is 9.38. The smallest absolute Gasteiger partial charge is 0.136 e. The third kappa shape index (κ3) is 2.41. The summed E-state index contributed by atoms with van der Waals surface area (Å²) < 4.78 is 0. The van der Waals surface area contributed by atoms with E-state index in [0.29, 0.717) is 18.1 Å². The van der Waals surface area contributed by atoms with Gasteiger partial charge in [-0.15, -0.1) is 0 Å². The molecule has 0 amide bonds. The first-order chi connectivity index (χ1) is 6.75. The number of aromatic nitrogens is 1. The maximum Gasteiger partial charge on any atom is 0.136 e. The highest BCUT2D eigenvalue weighted by atomic mass is 16.1. The molecule has 14 heavy (non-hydrogen) atoms. The predicted octanol–water partition coefficient (Wildman–Crippen LogP) is 2.30.